The molecule has 2 aliphatic rings. The second-order valence-corrected chi connectivity index (χ2v) is 10.1. The van der Waals surface area contributed by atoms with Crippen molar-refractivity contribution in [3.8, 4) is 17.2 Å². The number of carbonyl (C=O) groups excluding carboxylic acids is 2. The number of benzene rings is 2. The Kier molecular flexibility index (Phi) is 7.41. The molecule has 0 unspecified atom stereocenters. The van der Waals surface area contributed by atoms with Gasteiger partial charge in [-0.3, -0.25) is 14.5 Å². The van der Waals surface area contributed by atoms with E-state index in [0.29, 0.717) is 28.5 Å². The summed E-state index contributed by atoms with van der Waals surface area (Å²) in [6.07, 6.45) is 5.48. The molecular formula is C28H30N2O5S. The zero-order valence-corrected chi connectivity index (χ0v) is 21.1. The molecule has 1 N–H and O–H groups in total. The Hall–Kier alpha value is -3.52. The number of methoxy groups -OCH3 is 1. The Labute approximate surface area is 215 Å². The number of nitrogens with one attached hydrogen (secondary N) is 1. The van der Waals surface area contributed by atoms with Crippen molar-refractivity contribution in [1.29, 1.82) is 0 Å². The van der Waals surface area contributed by atoms with E-state index in [0.717, 1.165) is 30.6 Å². The number of amides is 2. The van der Waals surface area contributed by atoms with Gasteiger partial charge in [-0.2, -0.15) is 0 Å². The van der Waals surface area contributed by atoms with E-state index in [1.807, 2.05) is 47.8 Å². The average Bonchev–Trinajstić information content (AvgIpc) is 3.59. The van der Waals surface area contributed by atoms with Crippen molar-refractivity contribution in [2.45, 2.75) is 50.6 Å². The first-order valence-corrected chi connectivity index (χ1v) is 13.2. The van der Waals surface area contributed by atoms with Crippen LogP contribution in [-0.4, -0.2) is 31.8 Å². The highest BCUT2D eigenvalue weighted by Crippen LogP contribution is 2.39. The molecule has 3 aromatic rings. The molecule has 36 heavy (non-hydrogen) atoms. The topological polar surface area (TPSA) is 77.1 Å². The van der Waals surface area contributed by atoms with E-state index in [2.05, 4.69) is 5.32 Å². The van der Waals surface area contributed by atoms with Crippen molar-refractivity contribution < 1.29 is 23.8 Å². The van der Waals surface area contributed by atoms with Crippen molar-refractivity contribution >= 4 is 28.8 Å². The van der Waals surface area contributed by atoms with E-state index in [1.54, 1.807) is 24.1 Å². The van der Waals surface area contributed by atoms with Gasteiger partial charge in [0.15, 0.2) is 11.5 Å². The van der Waals surface area contributed by atoms with Crippen LogP contribution < -0.4 is 24.4 Å². The smallest absolute Gasteiger partial charge is 0.248 e. The summed E-state index contributed by atoms with van der Waals surface area (Å²) >= 11 is 1.52. The third-order valence-corrected chi connectivity index (χ3v) is 7.57. The maximum absolute atomic E-state index is 13.9. The molecule has 1 aliphatic heterocycles. The van der Waals surface area contributed by atoms with Crippen LogP contribution in [0.3, 0.4) is 0 Å². The maximum Gasteiger partial charge on any atom is 0.248 e. The number of anilines is 1. The standard InChI is InChI=1S/C28H30N2O5S/c1-33-22-12-9-19(10-13-22)27(28(32)29-20-6-3-2-4-7-20)30(26(31)17-23-8-5-15-36-23)21-11-14-24-25(16-21)35-18-34-24/h5,8-16,20,27H,2-4,6-7,17-18H2,1H3,(H,29,32)/t27-/m0/s1. The second kappa shape index (κ2) is 11.0. The Balaban J connectivity index is 1.55. The summed E-state index contributed by atoms with van der Waals surface area (Å²) < 4.78 is 16.4. The van der Waals surface area contributed by atoms with Gasteiger partial charge in [0.25, 0.3) is 0 Å². The van der Waals surface area contributed by atoms with Crippen LogP contribution in [-0.2, 0) is 16.0 Å². The van der Waals surface area contributed by atoms with Gasteiger partial charge in [-0.25, -0.2) is 0 Å². The van der Waals surface area contributed by atoms with Gasteiger partial charge in [0.05, 0.1) is 13.5 Å². The van der Waals surface area contributed by atoms with Gasteiger partial charge in [0.2, 0.25) is 18.6 Å². The van der Waals surface area contributed by atoms with Gasteiger partial charge < -0.3 is 19.5 Å². The second-order valence-electron chi connectivity index (χ2n) is 9.08. The Bertz CT molecular complexity index is 1190. The van der Waals surface area contributed by atoms with Crippen LogP contribution in [0.5, 0.6) is 17.2 Å². The summed E-state index contributed by atoms with van der Waals surface area (Å²) in [6.45, 7) is 0.131. The lowest BCUT2D eigenvalue weighted by Gasteiger charge is -2.33. The third kappa shape index (κ3) is 5.33. The van der Waals surface area contributed by atoms with Crippen molar-refractivity contribution in [2.75, 3.05) is 18.8 Å². The fourth-order valence-electron chi connectivity index (χ4n) is 4.85. The van der Waals surface area contributed by atoms with Crippen LogP contribution in [0.1, 0.15) is 48.6 Å². The quantitative estimate of drug-likeness (QED) is 0.452. The van der Waals surface area contributed by atoms with Gasteiger partial charge in [-0.15, -0.1) is 11.3 Å². The first kappa shape index (κ1) is 24.2. The zero-order valence-electron chi connectivity index (χ0n) is 20.3. The molecule has 2 aromatic carbocycles. The molecule has 0 bridgehead atoms. The minimum Gasteiger partial charge on any atom is -0.497 e. The van der Waals surface area contributed by atoms with Crippen molar-refractivity contribution in [2.24, 2.45) is 0 Å². The van der Waals surface area contributed by atoms with Gasteiger partial charge >= 0.3 is 0 Å². The molecule has 7 nitrogen and oxygen atoms in total. The highest BCUT2D eigenvalue weighted by Gasteiger charge is 2.35. The molecule has 1 aromatic heterocycles. The lowest BCUT2D eigenvalue weighted by Crippen LogP contribution is -2.47. The van der Waals surface area contributed by atoms with E-state index in [1.165, 1.54) is 17.8 Å². The lowest BCUT2D eigenvalue weighted by molar-refractivity contribution is -0.127. The van der Waals surface area contributed by atoms with E-state index in [-0.39, 0.29) is 31.1 Å². The average molecular weight is 507 g/mol. The minimum absolute atomic E-state index is 0.109. The lowest BCUT2D eigenvalue weighted by atomic mass is 9.94. The van der Waals surface area contributed by atoms with Crippen molar-refractivity contribution in [1.82, 2.24) is 5.32 Å². The summed E-state index contributed by atoms with van der Waals surface area (Å²) in [5.74, 6) is 1.50. The fraction of sp³-hybridized carbons (Fsp3) is 0.357. The van der Waals surface area contributed by atoms with Crippen molar-refractivity contribution in [3.05, 3.63) is 70.4 Å². The molecule has 1 atom stereocenters. The van der Waals surface area contributed by atoms with E-state index < -0.39 is 6.04 Å². The molecule has 2 heterocycles. The largest absolute Gasteiger partial charge is 0.497 e. The number of ether oxygens (including phenoxy) is 3. The number of hydrogen-bond donors (Lipinski definition) is 1. The van der Waals surface area contributed by atoms with Crippen LogP contribution in [0.2, 0.25) is 0 Å². The molecule has 0 spiro atoms. The van der Waals surface area contributed by atoms with Crippen LogP contribution in [0, 0.1) is 0 Å². The first-order chi connectivity index (χ1) is 17.6. The zero-order chi connectivity index (χ0) is 24.9. The highest BCUT2D eigenvalue weighted by atomic mass is 32.1. The molecule has 1 saturated carbocycles. The normalized spacial score (nSPS) is 15.8. The monoisotopic (exact) mass is 506 g/mol. The Morgan fingerprint density at radius 2 is 1.83 bits per heavy atom. The van der Waals surface area contributed by atoms with Crippen molar-refractivity contribution in [3.63, 3.8) is 0 Å². The highest BCUT2D eigenvalue weighted by molar-refractivity contribution is 7.10. The Morgan fingerprint density at radius 3 is 2.56 bits per heavy atom. The maximum atomic E-state index is 13.9. The molecule has 8 heteroatoms. The van der Waals surface area contributed by atoms with Gasteiger partial charge in [0, 0.05) is 22.7 Å². The number of thiophene rings is 1. The SMILES string of the molecule is COc1ccc([C@@H](C(=O)NC2CCCCC2)N(C(=O)Cc2cccs2)c2ccc3c(c2)OCO3)cc1. The summed E-state index contributed by atoms with van der Waals surface area (Å²) in [5, 5.41) is 5.19. The molecule has 2 amide bonds. The number of carbonyl (C=O) groups is 2. The molecule has 1 fully saturated rings. The predicted molar refractivity (Wildman–Crippen MR) is 139 cm³/mol. The first-order valence-electron chi connectivity index (χ1n) is 12.3. The molecule has 5 rings (SSSR count). The van der Waals surface area contributed by atoms with Crippen LogP contribution >= 0.6 is 11.3 Å². The molecule has 0 radical (unpaired) electrons. The van der Waals surface area contributed by atoms with Gasteiger partial charge in [-0.05, 0) is 54.1 Å². The van der Waals surface area contributed by atoms with Gasteiger partial charge in [0.1, 0.15) is 11.8 Å². The molecule has 188 valence electrons. The van der Waals surface area contributed by atoms with Crippen LogP contribution in [0.25, 0.3) is 0 Å². The number of hydrogen-bond acceptors (Lipinski definition) is 6. The summed E-state index contributed by atoms with van der Waals surface area (Å²) in [6, 6.07) is 15.8. The number of nitrogens with zero attached hydrogens (tertiary/aromatic N) is 1. The summed E-state index contributed by atoms with van der Waals surface area (Å²) in [7, 11) is 1.60. The number of fused-ring (bicyclic) bond motifs is 1. The summed E-state index contributed by atoms with van der Waals surface area (Å²) in [4.78, 5) is 30.4. The Morgan fingerprint density at radius 1 is 1.06 bits per heavy atom. The molecule has 1 aliphatic carbocycles. The van der Waals surface area contributed by atoms with Crippen LogP contribution in [0.4, 0.5) is 5.69 Å². The third-order valence-electron chi connectivity index (χ3n) is 6.70. The van der Waals surface area contributed by atoms with E-state index in [9.17, 15) is 9.59 Å². The number of rotatable bonds is 8. The van der Waals surface area contributed by atoms with Gasteiger partial charge in [-0.1, -0.05) is 37.5 Å². The van der Waals surface area contributed by atoms with E-state index in [4.69, 9.17) is 14.2 Å². The molecule has 0 saturated heterocycles. The van der Waals surface area contributed by atoms with Crippen LogP contribution in [0.15, 0.2) is 60.0 Å². The predicted octanol–water partition coefficient (Wildman–Crippen LogP) is 5.25. The summed E-state index contributed by atoms with van der Waals surface area (Å²) in [5.41, 5.74) is 1.29. The minimum atomic E-state index is -0.856. The molecular weight excluding hydrogens is 476 g/mol. The fourth-order valence-corrected chi connectivity index (χ4v) is 5.55. The van der Waals surface area contributed by atoms with E-state index >= 15 is 0 Å².